The molecule has 2 rings (SSSR count). The summed E-state index contributed by atoms with van der Waals surface area (Å²) in [7, 11) is 1.51. The number of hydrogen-bond acceptors (Lipinski definition) is 6. The van der Waals surface area contributed by atoms with Gasteiger partial charge in [-0.25, -0.2) is 10.1 Å². The number of aromatic amines is 1. The highest BCUT2D eigenvalue weighted by Crippen LogP contribution is 2.10. The van der Waals surface area contributed by atoms with E-state index in [1.54, 1.807) is 12.1 Å². The average molecular weight is 263 g/mol. The second kappa shape index (κ2) is 5.80. The molecule has 8 heteroatoms. The van der Waals surface area contributed by atoms with Gasteiger partial charge in [0.25, 0.3) is 5.91 Å². The van der Waals surface area contributed by atoms with Crippen molar-refractivity contribution in [3.8, 4) is 11.9 Å². The number of rotatable bonds is 5. The number of anilines is 1. The van der Waals surface area contributed by atoms with Gasteiger partial charge >= 0.3 is 6.01 Å². The van der Waals surface area contributed by atoms with Crippen molar-refractivity contribution in [3.63, 3.8) is 0 Å². The summed E-state index contributed by atoms with van der Waals surface area (Å²) in [5, 5.41) is 8.87. The number of methoxy groups -OCH3 is 1. The van der Waals surface area contributed by atoms with Crippen molar-refractivity contribution in [3.05, 3.63) is 23.9 Å². The van der Waals surface area contributed by atoms with Crippen LogP contribution in [0.1, 0.15) is 17.3 Å². The van der Waals surface area contributed by atoms with Crippen LogP contribution in [0.15, 0.2) is 18.3 Å². The lowest BCUT2D eigenvalue weighted by Crippen LogP contribution is -2.13. The van der Waals surface area contributed by atoms with Crippen LogP contribution in [0.3, 0.4) is 0 Å². The van der Waals surface area contributed by atoms with Crippen LogP contribution in [0.25, 0.3) is 0 Å². The normalized spacial score (nSPS) is 10.0. The number of ether oxygens (including phenoxy) is 2. The Balaban J connectivity index is 2.02. The summed E-state index contributed by atoms with van der Waals surface area (Å²) in [6.07, 6.45) is 1.41. The minimum Gasteiger partial charge on any atom is -0.481 e. The second-order valence-corrected chi connectivity index (χ2v) is 3.44. The van der Waals surface area contributed by atoms with E-state index in [2.05, 4.69) is 25.5 Å². The molecule has 8 nitrogen and oxygen atoms in total. The zero-order chi connectivity index (χ0) is 13.7. The smallest absolute Gasteiger partial charge is 0.337 e. The Morgan fingerprint density at radius 3 is 2.95 bits per heavy atom. The van der Waals surface area contributed by atoms with Crippen LogP contribution in [0.2, 0.25) is 0 Å². The maximum atomic E-state index is 11.9. The quantitative estimate of drug-likeness (QED) is 0.829. The predicted molar refractivity (Wildman–Crippen MR) is 66.3 cm³/mol. The molecule has 0 aliphatic rings. The molecular weight excluding hydrogens is 250 g/mol. The molecule has 19 heavy (non-hydrogen) atoms. The number of amides is 1. The molecule has 2 heterocycles. The van der Waals surface area contributed by atoms with E-state index >= 15 is 0 Å². The minimum absolute atomic E-state index is 0.186. The van der Waals surface area contributed by atoms with Gasteiger partial charge in [-0.3, -0.25) is 10.1 Å². The van der Waals surface area contributed by atoms with E-state index in [9.17, 15) is 4.79 Å². The average Bonchev–Trinajstić information content (AvgIpc) is 2.86. The molecule has 0 aliphatic carbocycles. The zero-order valence-corrected chi connectivity index (χ0v) is 10.5. The molecule has 2 aromatic rings. The molecular formula is C11H13N5O3. The molecule has 0 fully saturated rings. The zero-order valence-electron chi connectivity index (χ0n) is 10.5. The minimum atomic E-state index is -0.352. The summed E-state index contributed by atoms with van der Waals surface area (Å²) < 4.78 is 9.98. The van der Waals surface area contributed by atoms with Crippen LogP contribution in [-0.2, 0) is 0 Å². The SMILES string of the molecule is CCOc1n[nH]c(NC(=O)c2ccc(OC)nc2)n1. The Kier molecular flexibility index (Phi) is 3.91. The number of hydrogen-bond donors (Lipinski definition) is 2. The molecule has 2 aromatic heterocycles. The first kappa shape index (κ1) is 12.8. The van der Waals surface area contributed by atoms with Crippen LogP contribution in [0.5, 0.6) is 11.9 Å². The highest BCUT2D eigenvalue weighted by atomic mass is 16.5. The number of carbonyl (C=O) groups is 1. The Hall–Kier alpha value is -2.64. The molecule has 0 radical (unpaired) electrons. The summed E-state index contributed by atoms with van der Waals surface area (Å²) in [5.41, 5.74) is 0.384. The lowest BCUT2D eigenvalue weighted by Gasteiger charge is -2.02. The molecule has 0 bridgehead atoms. The van der Waals surface area contributed by atoms with Crippen LogP contribution in [-0.4, -0.2) is 39.8 Å². The standard InChI is InChI=1S/C11H13N5O3/c1-3-19-11-14-10(15-16-11)13-9(17)7-4-5-8(18-2)12-6-7/h4-6H,3H2,1-2H3,(H2,13,14,15,16,17). The first-order valence-corrected chi connectivity index (χ1v) is 5.59. The summed E-state index contributed by atoms with van der Waals surface area (Å²) >= 11 is 0. The number of pyridine rings is 1. The van der Waals surface area contributed by atoms with Gasteiger partial charge in [0, 0.05) is 12.3 Å². The van der Waals surface area contributed by atoms with Crippen molar-refractivity contribution < 1.29 is 14.3 Å². The van der Waals surface area contributed by atoms with E-state index < -0.39 is 0 Å². The number of nitrogens with zero attached hydrogens (tertiary/aromatic N) is 3. The third-order valence-corrected chi connectivity index (χ3v) is 2.18. The number of carbonyl (C=O) groups excluding carboxylic acids is 1. The Labute approximate surface area is 109 Å². The van der Waals surface area contributed by atoms with Crippen molar-refractivity contribution in [1.29, 1.82) is 0 Å². The van der Waals surface area contributed by atoms with Gasteiger partial charge in [-0.15, -0.1) is 5.10 Å². The van der Waals surface area contributed by atoms with Gasteiger partial charge in [0.05, 0.1) is 19.3 Å². The monoisotopic (exact) mass is 263 g/mol. The predicted octanol–water partition coefficient (Wildman–Crippen LogP) is 0.859. The lowest BCUT2D eigenvalue weighted by molar-refractivity contribution is 0.102. The molecule has 0 unspecified atom stereocenters. The van der Waals surface area contributed by atoms with Crippen molar-refractivity contribution in [2.75, 3.05) is 19.0 Å². The van der Waals surface area contributed by atoms with Gasteiger partial charge in [0.1, 0.15) is 0 Å². The third-order valence-electron chi connectivity index (χ3n) is 2.18. The van der Waals surface area contributed by atoms with Gasteiger partial charge in [-0.1, -0.05) is 0 Å². The maximum absolute atomic E-state index is 11.9. The summed E-state index contributed by atoms with van der Waals surface area (Å²) in [5.74, 6) is 0.300. The molecule has 2 N–H and O–H groups in total. The molecule has 0 aliphatic heterocycles. The van der Waals surface area contributed by atoms with E-state index in [1.807, 2.05) is 6.92 Å². The molecule has 100 valence electrons. The summed E-state index contributed by atoms with van der Waals surface area (Å²) in [6, 6.07) is 3.38. The molecule has 0 aromatic carbocycles. The Morgan fingerprint density at radius 2 is 2.32 bits per heavy atom. The molecule has 0 atom stereocenters. The summed E-state index contributed by atoms with van der Waals surface area (Å²) in [6.45, 7) is 2.27. The van der Waals surface area contributed by atoms with Crippen LogP contribution < -0.4 is 14.8 Å². The molecule has 0 spiro atoms. The summed E-state index contributed by atoms with van der Waals surface area (Å²) in [4.78, 5) is 19.7. The largest absolute Gasteiger partial charge is 0.481 e. The van der Waals surface area contributed by atoms with Gasteiger partial charge in [0.15, 0.2) is 0 Å². The van der Waals surface area contributed by atoms with Crippen molar-refractivity contribution in [2.24, 2.45) is 0 Å². The van der Waals surface area contributed by atoms with E-state index in [0.717, 1.165) is 0 Å². The molecule has 1 amide bonds. The highest BCUT2D eigenvalue weighted by Gasteiger charge is 2.10. The second-order valence-electron chi connectivity index (χ2n) is 3.44. The molecule has 0 saturated carbocycles. The molecule has 0 saturated heterocycles. The first-order chi connectivity index (χ1) is 9.22. The third kappa shape index (κ3) is 3.18. The fourth-order valence-corrected chi connectivity index (χ4v) is 1.31. The number of nitrogens with one attached hydrogen (secondary N) is 2. The van der Waals surface area contributed by atoms with E-state index in [0.29, 0.717) is 18.1 Å². The fourth-order valence-electron chi connectivity index (χ4n) is 1.31. The van der Waals surface area contributed by atoms with Crippen molar-refractivity contribution in [2.45, 2.75) is 6.92 Å². The van der Waals surface area contributed by atoms with Gasteiger partial charge < -0.3 is 9.47 Å². The number of H-pyrrole nitrogens is 1. The van der Waals surface area contributed by atoms with Crippen molar-refractivity contribution >= 4 is 11.9 Å². The van der Waals surface area contributed by atoms with Crippen LogP contribution in [0, 0.1) is 0 Å². The van der Waals surface area contributed by atoms with Crippen molar-refractivity contribution in [1.82, 2.24) is 20.2 Å². The fraction of sp³-hybridized carbons (Fsp3) is 0.273. The van der Waals surface area contributed by atoms with Crippen LogP contribution >= 0.6 is 0 Å². The topological polar surface area (TPSA) is 102 Å². The van der Waals surface area contributed by atoms with Crippen LogP contribution in [0.4, 0.5) is 5.95 Å². The highest BCUT2D eigenvalue weighted by molar-refractivity contribution is 6.03. The van der Waals surface area contributed by atoms with E-state index in [1.165, 1.54) is 13.3 Å². The number of aromatic nitrogens is 4. The van der Waals surface area contributed by atoms with Gasteiger partial charge in [-0.05, 0) is 13.0 Å². The lowest BCUT2D eigenvalue weighted by atomic mass is 10.3. The van der Waals surface area contributed by atoms with E-state index in [4.69, 9.17) is 9.47 Å². The van der Waals surface area contributed by atoms with E-state index in [-0.39, 0.29) is 17.9 Å². The maximum Gasteiger partial charge on any atom is 0.337 e. The van der Waals surface area contributed by atoms with Gasteiger partial charge in [-0.2, -0.15) is 4.98 Å². The Bertz CT molecular complexity index is 552. The van der Waals surface area contributed by atoms with Gasteiger partial charge in [0.2, 0.25) is 11.8 Å². The first-order valence-electron chi connectivity index (χ1n) is 5.59. The Morgan fingerprint density at radius 1 is 1.47 bits per heavy atom.